The van der Waals surface area contributed by atoms with Gasteiger partial charge in [0.2, 0.25) is 0 Å². The maximum atomic E-state index is 9.37. The molecule has 0 radical (unpaired) electrons. The van der Waals surface area contributed by atoms with E-state index in [1.165, 1.54) is 5.01 Å². The van der Waals surface area contributed by atoms with Gasteiger partial charge in [-0.2, -0.15) is 0 Å². The number of rotatable bonds is 7. The highest BCUT2D eigenvalue weighted by molar-refractivity contribution is 7.09. The summed E-state index contributed by atoms with van der Waals surface area (Å²) < 4.78 is 0. The van der Waals surface area contributed by atoms with E-state index in [2.05, 4.69) is 36.5 Å². The van der Waals surface area contributed by atoms with E-state index in [0.717, 1.165) is 31.5 Å². The molecule has 1 aromatic rings. The molecule has 0 spiro atoms. The number of nitrogens with one attached hydrogen (secondary N) is 1. The molecule has 1 heterocycles. The average molecular weight is 242 g/mol. The number of aryl methyl sites for hydroxylation is 1. The third-order valence-electron chi connectivity index (χ3n) is 2.75. The Labute approximate surface area is 102 Å². The van der Waals surface area contributed by atoms with Gasteiger partial charge in [-0.3, -0.25) is 0 Å². The van der Waals surface area contributed by atoms with Crippen molar-refractivity contribution < 1.29 is 5.11 Å². The third kappa shape index (κ3) is 3.85. The van der Waals surface area contributed by atoms with Crippen LogP contribution in [0.2, 0.25) is 0 Å². The van der Waals surface area contributed by atoms with Crippen LogP contribution in [-0.4, -0.2) is 22.2 Å². The number of aromatic nitrogens is 1. The minimum Gasteiger partial charge on any atom is -0.394 e. The molecule has 0 aliphatic rings. The van der Waals surface area contributed by atoms with Crippen LogP contribution in [0.25, 0.3) is 0 Å². The highest BCUT2D eigenvalue weighted by atomic mass is 32.1. The predicted molar refractivity (Wildman–Crippen MR) is 68.7 cm³/mol. The second-order valence-corrected chi connectivity index (χ2v) is 5.35. The maximum absolute atomic E-state index is 9.37. The topological polar surface area (TPSA) is 45.1 Å². The Hall–Kier alpha value is -0.450. The third-order valence-corrected chi connectivity index (χ3v) is 3.79. The lowest BCUT2D eigenvalue weighted by Crippen LogP contribution is -2.45. The number of hydrogen-bond donors (Lipinski definition) is 2. The summed E-state index contributed by atoms with van der Waals surface area (Å²) >= 11 is 1.71. The molecule has 0 saturated carbocycles. The van der Waals surface area contributed by atoms with E-state index in [-0.39, 0.29) is 12.1 Å². The van der Waals surface area contributed by atoms with Crippen LogP contribution in [0.4, 0.5) is 0 Å². The largest absolute Gasteiger partial charge is 0.394 e. The first-order chi connectivity index (χ1) is 7.63. The molecule has 1 atom stereocenters. The van der Waals surface area contributed by atoms with Gasteiger partial charge in [0, 0.05) is 17.5 Å². The van der Waals surface area contributed by atoms with Crippen LogP contribution in [0.3, 0.4) is 0 Å². The molecule has 1 aromatic heterocycles. The summed E-state index contributed by atoms with van der Waals surface area (Å²) in [5.74, 6) is 0. The molecule has 0 aliphatic heterocycles. The van der Waals surface area contributed by atoms with Gasteiger partial charge in [-0.1, -0.05) is 20.3 Å². The monoisotopic (exact) mass is 242 g/mol. The fourth-order valence-electron chi connectivity index (χ4n) is 1.67. The van der Waals surface area contributed by atoms with Crippen LogP contribution in [-0.2, 0) is 13.0 Å². The molecule has 1 unspecified atom stereocenters. The Morgan fingerprint density at radius 3 is 2.75 bits per heavy atom. The standard InChI is InChI=1S/C12H22N2OS/c1-4-6-12(3,9-15)13-7-10-8-16-11(5-2)14-10/h8,13,15H,4-7,9H2,1-3H3. The fraction of sp³-hybridized carbons (Fsp3) is 0.750. The molecule has 0 saturated heterocycles. The Morgan fingerprint density at radius 1 is 1.50 bits per heavy atom. The predicted octanol–water partition coefficient (Wildman–Crippen LogP) is 2.35. The van der Waals surface area contributed by atoms with E-state index in [1.807, 2.05) is 0 Å². The van der Waals surface area contributed by atoms with Crippen molar-refractivity contribution in [2.24, 2.45) is 0 Å². The van der Waals surface area contributed by atoms with Crippen LogP contribution in [0.15, 0.2) is 5.38 Å². The zero-order valence-electron chi connectivity index (χ0n) is 10.4. The van der Waals surface area contributed by atoms with Crippen molar-refractivity contribution in [3.05, 3.63) is 16.1 Å². The summed E-state index contributed by atoms with van der Waals surface area (Å²) in [4.78, 5) is 4.50. The second kappa shape index (κ2) is 6.33. The van der Waals surface area contributed by atoms with Gasteiger partial charge in [-0.25, -0.2) is 4.98 Å². The molecule has 0 aliphatic carbocycles. The number of thiazole rings is 1. The Morgan fingerprint density at radius 2 is 2.25 bits per heavy atom. The van der Waals surface area contributed by atoms with Gasteiger partial charge >= 0.3 is 0 Å². The van der Waals surface area contributed by atoms with E-state index >= 15 is 0 Å². The fourth-order valence-corrected chi connectivity index (χ4v) is 2.42. The quantitative estimate of drug-likeness (QED) is 0.771. The average Bonchev–Trinajstić information content (AvgIpc) is 2.75. The summed E-state index contributed by atoms with van der Waals surface area (Å²) in [7, 11) is 0. The molecule has 0 bridgehead atoms. The molecular weight excluding hydrogens is 220 g/mol. The molecule has 3 nitrogen and oxygen atoms in total. The van der Waals surface area contributed by atoms with Gasteiger partial charge < -0.3 is 10.4 Å². The summed E-state index contributed by atoms with van der Waals surface area (Å²) in [5, 5.41) is 16.0. The lowest BCUT2D eigenvalue weighted by atomic mass is 9.97. The molecule has 92 valence electrons. The molecule has 16 heavy (non-hydrogen) atoms. The van der Waals surface area contributed by atoms with Crippen molar-refractivity contribution >= 4 is 11.3 Å². The number of aliphatic hydroxyl groups excluding tert-OH is 1. The van der Waals surface area contributed by atoms with E-state index in [9.17, 15) is 5.11 Å². The van der Waals surface area contributed by atoms with Crippen molar-refractivity contribution in [1.82, 2.24) is 10.3 Å². The van der Waals surface area contributed by atoms with Gasteiger partial charge in [-0.15, -0.1) is 11.3 Å². The minimum absolute atomic E-state index is 0.172. The molecule has 4 heteroatoms. The summed E-state index contributed by atoms with van der Waals surface area (Å²) in [6, 6.07) is 0. The summed E-state index contributed by atoms with van der Waals surface area (Å²) in [5.41, 5.74) is 0.905. The first-order valence-electron chi connectivity index (χ1n) is 5.92. The smallest absolute Gasteiger partial charge is 0.0926 e. The van der Waals surface area contributed by atoms with Crippen molar-refractivity contribution in [1.29, 1.82) is 0 Å². The van der Waals surface area contributed by atoms with Crippen molar-refractivity contribution in [2.45, 2.75) is 52.1 Å². The highest BCUT2D eigenvalue weighted by Gasteiger charge is 2.21. The lowest BCUT2D eigenvalue weighted by molar-refractivity contribution is 0.163. The minimum atomic E-state index is -0.176. The Kier molecular flexibility index (Phi) is 5.38. The van der Waals surface area contributed by atoms with E-state index in [0.29, 0.717) is 0 Å². The Balaban J connectivity index is 2.48. The van der Waals surface area contributed by atoms with Crippen LogP contribution in [0.5, 0.6) is 0 Å². The second-order valence-electron chi connectivity index (χ2n) is 4.41. The van der Waals surface area contributed by atoms with Gasteiger partial charge in [0.25, 0.3) is 0 Å². The number of hydrogen-bond acceptors (Lipinski definition) is 4. The molecule has 1 rings (SSSR count). The number of nitrogens with zero attached hydrogens (tertiary/aromatic N) is 1. The van der Waals surface area contributed by atoms with Gasteiger partial charge in [-0.05, 0) is 19.8 Å². The molecular formula is C12H22N2OS. The zero-order chi connectivity index (χ0) is 12.0. The number of aliphatic hydroxyl groups is 1. The SMILES string of the molecule is CCCC(C)(CO)NCc1csc(CC)n1. The van der Waals surface area contributed by atoms with Crippen LogP contribution in [0.1, 0.15) is 44.3 Å². The van der Waals surface area contributed by atoms with Gasteiger partial charge in [0.15, 0.2) is 0 Å². The highest BCUT2D eigenvalue weighted by Crippen LogP contribution is 2.14. The molecule has 0 aromatic carbocycles. The van der Waals surface area contributed by atoms with Crippen molar-refractivity contribution in [3.8, 4) is 0 Å². The molecule has 2 N–H and O–H groups in total. The van der Waals surface area contributed by atoms with Crippen LogP contribution in [0, 0.1) is 0 Å². The first-order valence-corrected chi connectivity index (χ1v) is 6.80. The lowest BCUT2D eigenvalue weighted by Gasteiger charge is -2.28. The van der Waals surface area contributed by atoms with Crippen LogP contribution >= 0.6 is 11.3 Å². The summed E-state index contributed by atoms with van der Waals surface area (Å²) in [6.45, 7) is 7.22. The van der Waals surface area contributed by atoms with E-state index < -0.39 is 0 Å². The first kappa shape index (κ1) is 13.6. The van der Waals surface area contributed by atoms with E-state index in [4.69, 9.17) is 0 Å². The van der Waals surface area contributed by atoms with Crippen molar-refractivity contribution in [3.63, 3.8) is 0 Å². The summed E-state index contributed by atoms with van der Waals surface area (Å²) in [6.07, 6.45) is 3.05. The van der Waals surface area contributed by atoms with Crippen molar-refractivity contribution in [2.75, 3.05) is 6.61 Å². The van der Waals surface area contributed by atoms with Gasteiger partial charge in [0.1, 0.15) is 0 Å². The molecule has 0 fully saturated rings. The van der Waals surface area contributed by atoms with E-state index in [1.54, 1.807) is 11.3 Å². The maximum Gasteiger partial charge on any atom is 0.0926 e. The zero-order valence-corrected chi connectivity index (χ0v) is 11.2. The Bertz CT molecular complexity index is 314. The van der Waals surface area contributed by atoms with Crippen LogP contribution < -0.4 is 5.32 Å². The molecule has 0 amide bonds. The normalized spacial score (nSPS) is 15.0. The van der Waals surface area contributed by atoms with Gasteiger partial charge in [0.05, 0.1) is 17.3 Å².